The number of hydrogen-bond donors (Lipinski definition) is 0. The summed E-state index contributed by atoms with van der Waals surface area (Å²) in [7, 11) is 0. The van der Waals surface area contributed by atoms with Gasteiger partial charge in [-0.2, -0.15) is 0 Å². The van der Waals surface area contributed by atoms with Crippen LogP contribution in [0.5, 0.6) is 0 Å². The van der Waals surface area contributed by atoms with Crippen LogP contribution < -0.4 is 0 Å². The van der Waals surface area contributed by atoms with E-state index in [1.54, 1.807) is 0 Å². The lowest BCUT2D eigenvalue weighted by Gasteiger charge is -2.40. The van der Waals surface area contributed by atoms with Crippen LogP contribution >= 0.6 is 0 Å². The van der Waals surface area contributed by atoms with Gasteiger partial charge in [-0.25, -0.2) is 0 Å². The molecule has 2 nitrogen and oxygen atoms in total. The standard InChI is InChI=1S/C20H37NO/c1-15(12-21-13-16(2)22-17(3)14-21)11-18-9-7-8-10-19(18)20(4,5)6/h7,9,15-19H,8,10-14H2,1-6H3/t15?,16-,17+,18?,19?. The molecule has 0 saturated carbocycles. The Balaban J connectivity index is 1.88. The van der Waals surface area contributed by atoms with E-state index in [2.05, 4.69) is 58.6 Å². The molecule has 2 aliphatic rings. The first kappa shape index (κ1) is 18.0. The average molecular weight is 308 g/mol. The van der Waals surface area contributed by atoms with Crippen molar-refractivity contribution in [3.8, 4) is 0 Å². The van der Waals surface area contributed by atoms with Gasteiger partial charge in [-0.15, -0.1) is 0 Å². The Kier molecular flexibility index (Phi) is 6.13. The molecule has 0 bridgehead atoms. The van der Waals surface area contributed by atoms with Gasteiger partial charge in [-0.3, -0.25) is 4.90 Å². The number of morpholine rings is 1. The van der Waals surface area contributed by atoms with Crippen LogP contribution in [0.2, 0.25) is 0 Å². The molecule has 5 atom stereocenters. The first-order valence-electron chi connectivity index (χ1n) is 9.30. The zero-order valence-electron chi connectivity index (χ0n) is 15.6. The monoisotopic (exact) mass is 307 g/mol. The molecule has 0 radical (unpaired) electrons. The summed E-state index contributed by atoms with van der Waals surface area (Å²) in [6.45, 7) is 17.5. The number of rotatable bonds is 4. The molecule has 0 spiro atoms. The van der Waals surface area contributed by atoms with E-state index in [4.69, 9.17) is 4.74 Å². The van der Waals surface area contributed by atoms with Crippen molar-refractivity contribution in [3.63, 3.8) is 0 Å². The molecule has 2 rings (SSSR count). The highest BCUT2D eigenvalue weighted by molar-refractivity contribution is 5.00. The van der Waals surface area contributed by atoms with Crippen LogP contribution in [0.25, 0.3) is 0 Å². The van der Waals surface area contributed by atoms with Crippen LogP contribution in [-0.4, -0.2) is 36.7 Å². The summed E-state index contributed by atoms with van der Waals surface area (Å²) in [6, 6.07) is 0. The molecule has 1 fully saturated rings. The molecule has 3 unspecified atom stereocenters. The largest absolute Gasteiger partial charge is 0.373 e. The summed E-state index contributed by atoms with van der Waals surface area (Å²) in [5.74, 6) is 2.36. The van der Waals surface area contributed by atoms with Crippen molar-refractivity contribution < 1.29 is 4.74 Å². The van der Waals surface area contributed by atoms with Crippen LogP contribution in [0, 0.1) is 23.2 Å². The summed E-state index contributed by atoms with van der Waals surface area (Å²) in [4.78, 5) is 2.61. The minimum Gasteiger partial charge on any atom is -0.373 e. The van der Waals surface area contributed by atoms with Crippen LogP contribution in [0.4, 0.5) is 0 Å². The summed E-state index contributed by atoms with van der Waals surface area (Å²) < 4.78 is 5.86. The maximum atomic E-state index is 5.86. The van der Waals surface area contributed by atoms with E-state index in [-0.39, 0.29) is 0 Å². The highest BCUT2D eigenvalue weighted by Crippen LogP contribution is 2.41. The van der Waals surface area contributed by atoms with E-state index in [1.165, 1.54) is 25.8 Å². The molecule has 2 heteroatoms. The van der Waals surface area contributed by atoms with Crippen LogP contribution in [0.1, 0.15) is 60.8 Å². The highest BCUT2D eigenvalue weighted by atomic mass is 16.5. The van der Waals surface area contributed by atoms with Crippen LogP contribution in [0.3, 0.4) is 0 Å². The number of nitrogens with zero attached hydrogens (tertiary/aromatic N) is 1. The Bertz CT molecular complexity index is 360. The summed E-state index contributed by atoms with van der Waals surface area (Å²) >= 11 is 0. The minimum atomic E-state index is 0.382. The van der Waals surface area contributed by atoms with Crippen molar-refractivity contribution in [2.75, 3.05) is 19.6 Å². The van der Waals surface area contributed by atoms with E-state index in [9.17, 15) is 0 Å². The molecule has 0 amide bonds. The van der Waals surface area contributed by atoms with Gasteiger partial charge >= 0.3 is 0 Å². The van der Waals surface area contributed by atoms with E-state index in [0.29, 0.717) is 17.6 Å². The van der Waals surface area contributed by atoms with Gasteiger partial charge in [0.1, 0.15) is 0 Å². The van der Waals surface area contributed by atoms with E-state index in [0.717, 1.165) is 30.8 Å². The molecule has 128 valence electrons. The second-order valence-electron chi connectivity index (χ2n) is 8.96. The predicted molar refractivity (Wildman–Crippen MR) is 95.0 cm³/mol. The quantitative estimate of drug-likeness (QED) is 0.695. The van der Waals surface area contributed by atoms with Gasteiger partial charge < -0.3 is 4.74 Å². The second kappa shape index (κ2) is 7.49. The molecule has 0 N–H and O–H groups in total. The molecule has 1 aliphatic heterocycles. The third-order valence-electron chi connectivity index (χ3n) is 5.40. The van der Waals surface area contributed by atoms with Gasteiger partial charge in [0.05, 0.1) is 12.2 Å². The molecule has 0 aromatic rings. The topological polar surface area (TPSA) is 12.5 Å². The van der Waals surface area contributed by atoms with Crippen molar-refractivity contribution in [1.29, 1.82) is 0 Å². The Morgan fingerprint density at radius 2 is 1.82 bits per heavy atom. The third kappa shape index (κ3) is 5.09. The smallest absolute Gasteiger partial charge is 0.0678 e. The molecule has 1 saturated heterocycles. The van der Waals surface area contributed by atoms with Crippen molar-refractivity contribution in [2.24, 2.45) is 23.2 Å². The number of allylic oxidation sites excluding steroid dienone is 2. The van der Waals surface area contributed by atoms with Gasteiger partial charge in [0, 0.05) is 19.6 Å². The van der Waals surface area contributed by atoms with Gasteiger partial charge in [0.2, 0.25) is 0 Å². The SMILES string of the molecule is CC(CC1C=CCCC1C(C)(C)C)CN1C[C@@H](C)O[C@@H](C)C1. The first-order chi connectivity index (χ1) is 10.3. The lowest BCUT2D eigenvalue weighted by atomic mass is 9.67. The van der Waals surface area contributed by atoms with E-state index in [1.807, 2.05) is 0 Å². The van der Waals surface area contributed by atoms with Crippen molar-refractivity contribution in [1.82, 2.24) is 4.90 Å². The summed E-state index contributed by atoms with van der Waals surface area (Å²) in [5.41, 5.74) is 0.428. The minimum absolute atomic E-state index is 0.382. The van der Waals surface area contributed by atoms with Gasteiger partial charge in [0.25, 0.3) is 0 Å². The van der Waals surface area contributed by atoms with E-state index < -0.39 is 0 Å². The molecule has 0 aromatic heterocycles. The van der Waals surface area contributed by atoms with Crippen molar-refractivity contribution in [2.45, 2.75) is 73.0 Å². The normalized spacial score (nSPS) is 35.5. The summed E-state index contributed by atoms with van der Waals surface area (Å²) in [5, 5.41) is 0. The first-order valence-corrected chi connectivity index (χ1v) is 9.30. The Morgan fingerprint density at radius 3 is 2.41 bits per heavy atom. The lowest BCUT2D eigenvalue weighted by Crippen LogP contribution is -2.47. The fraction of sp³-hybridized carbons (Fsp3) is 0.900. The average Bonchev–Trinajstić information content (AvgIpc) is 2.36. The maximum Gasteiger partial charge on any atom is 0.0678 e. The van der Waals surface area contributed by atoms with Crippen LogP contribution in [-0.2, 0) is 4.74 Å². The lowest BCUT2D eigenvalue weighted by molar-refractivity contribution is -0.0717. The fourth-order valence-electron chi connectivity index (χ4n) is 4.63. The molecule has 0 aromatic carbocycles. The molecular formula is C20H37NO. The number of hydrogen-bond acceptors (Lipinski definition) is 2. The zero-order valence-corrected chi connectivity index (χ0v) is 15.6. The molecule has 22 heavy (non-hydrogen) atoms. The van der Waals surface area contributed by atoms with Gasteiger partial charge in [-0.1, -0.05) is 39.8 Å². The number of ether oxygens (including phenoxy) is 1. The van der Waals surface area contributed by atoms with E-state index >= 15 is 0 Å². The third-order valence-corrected chi connectivity index (χ3v) is 5.40. The van der Waals surface area contributed by atoms with Crippen LogP contribution in [0.15, 0.2) is 12.2 Å². The van der Waals surface area contributed by atoms with Gasteiger partial charge in [0.15, 0.2) is 0 Å². The van der Waals surface area contributed by atoms with Crippen molar-refractivity contribution >= 4 is 0 Å². The molecule has 1 heterocycles. The fourth-order valence-corrected chi connectivity index (χ4v) is 4.63. The molecular weight excluding hydrogens is 270 g/mol. The predicted octanol–water partition coefficient (Wildman–Crippen LogP) is 4.75. The van der Waals surface area contributed by atoms with Crippen molar-refractivity contribution in [3.05, 3.63) is 12.2 Å². The summed E-state index contributed by atoms with van der Waals surface area (Å²) in [6.07, 6.45) is 9.66. The Hall–Kier alpha value is -0.340. The maximum absolute atomic E-state index is 5.86. The Morgan fingerprint density at radius 1 is 1.18 bits per heavy atom. The second-order valence-corrected chi connectivity index (χ2v) is 8.96. The Labute approximate surface area is 138 Å². The van der Waals surface area contributed by atoms with Gasteiger partial charge in [-0.05, 0) is 56.3 Å². The zero-order chi connectivity index (χ0) is 16.3. The highest BCUT2D eigenvalue weighted by Gasteiger charge is 2.33. The molecule has 1 aliphatic carbocycles.